The van der Waals surface area contributed by atoms with Crippen LogP contribution in [0, 0.1) is 17.1 Å². The number of benzene rings is 1. The predicted molar refractivity (Wildman–Crippen MR) is 93.1 cm³/mol. The van der Waals surface area contributed by atoms with Crippen LogP contribution in [-0.4, -0.2) is 16.2 Å². The second-order valence-electron chi connectivity index (χ2n) is 5.98. The first-order valence-corrected chi connectivity index (χ1v) is 8.79. The Morgan fingerprint density at radius 2 is 2.04 bits per heavy atom. The minimum atomic E-state index is -0.571. The van der Waals surface area contributed by atoms with E-state index in [9.17, 15) is 14.4 Å². The van der Waals surface area contributed by atoms with Crippen LogP contribution >= 0.6 is 27.7 Å². The first kappa shape index (κ1) is 17.7. The highest BCUT2D eigenvalue weighted by Crippen LogP contribution is 2.34. The third-order valence-electron chi connectivity index (χ3n) is 3.35. The summed E-state index contributed by atoms with van der Waals surface area (Å²) in [5.74, 6) is -0.542. The number of rotatable bonds is 2. The Morgan fingerprint density at radius 1 is 1.39 bits per heavy atom. The van der Waals surface area contributed by atoms with Crippen LogP contribution in [0.3, 0.4) is 0 Å². The fourth-order valence-corrected chi connectivity index (χ4v) is 2.88. The van der Waals surface area contributed by atoms with Crippen LogP contribution in [0.15, 0.2) is 26.6 Å². The topological polar surface area (TPSA) is 69.5 Å². The zero-order chi connectivity index (χ0) is 17.4. The lowest BCUT2D eigenvalue weighted by atomic mass is 9.85. The van der Waals surface area contributed by atoms with Crippen LogP contribution < -0.4 is 5.56 Å². The van der Waals surface area contributed by atoms with E-state index >= 15 is 0 Å². The maximum atomic E-state index is 14.6. The minimum Gasteiger partial charge on any atom is -0.300 e. The number of H-pyrrole nitrogens is 1. The zero-order valence-corrected chi connectivity index (χ0v) is 15.5. The van der Waals surface area contributed by atoms with Gasteiger partial charge in [0, 0.05) is 5.56 Å². The highest BCUT2D eigenvalue weighted by atomic mass is 79.9. The Hall–Kier alpha value is -1.65. The highest BCUT2D eigenvalue weighted by Gasteiger charge is 2.22. The van der Waals surface area contributed by atoms with Gasteiger partial charge in [-0.2, -0.15) is 5.26 Å². The number of aromatic amines is 1. The van der Waals surface area contributed by atoms with Gasteiger partial charge in [0.15, 0.2) is 5.16 Å². The van der Waals surface area contributed by atoms with Gasteiger partial charge in [-0.15, -0.1) is 0 Å². The molecule has 4 nitrogen and oxygen atoms in total. The lowest BCUT2D eigenvalue weighted by Crippen LogP contribution is -2.16. The summed E-state index contributed by atoms with van der Waals surface area (Å²) >= 11 is 4.43. The van der Waals surface area contributed by atoms with Crippen LogP contribution in [0.4, 0.5) is 4.39 Å². The van der Waals surface area contributed by atoms with E-state index in [1.54, 1.807) is 18.4 Å². The van der Waals surface area contributed by atoms with Crippen molar-refractivity contribution < 1.29 is 4.39 Å². The molecule has 1 aromatic carbocycles. The molecule has 1 N–H and O–H groups in total. The average molecular weight is 396 g/mol. The molecule has 2 aromatic rings. The molecule has 0 atom stereocenters. The second-order valence-corrected chi connectivity index (χ2v) is 7.63. The molecule has 0 bridgehead atoms. The van der Waals surface area contributed by atoms with E-state index in [-0.39, 0.29) is 26.7 Å². The van der Waals surface area contributed by atoms with Gasteiger partial charge in [-0.05, 0) is 45.3 Å². The molecule has 120 valence electrons. The molecule has 1 aromatic heterocycles. The number of hydrogen-bond donors (Lipinski definition) is 1. The molecule has 0 fully saturated rings. The SMILES string of the molecule is CSc1nc(-c2cc(C(C)(C)C)cc(Br)c2F)c(C#N)c(=O)[nH]1. The summed E-state index contributed by atoms with van der Waals surface area (Å²) in [6, 6.07) is 5.17. The van der Waals surface area contributed by atoms with Crippen molar-refractivity contribution in [2.45, 2.75) is 31.3 Å². The van der Waals surface area contributed by atoms with Crippen LogP contribution in [0.1, 0.15) is 31.9 Å². The average Bonchev–Trinajstić information content (AvgIpc) is 2.47. The van der Waals surface area contributed by atoms with Crippen molar-refractivity contribution in [3.63, 3.8) is 0 Å². The molecule has 0 saturated carbocycles. The van der Waals surface area contributed by atoms with Crippen LogP contribution in [0.5, 0.6) is 0 Å². The lowest BCUT2D eigenvalue weighted by molar-refractivity contribution is 0.581. The normalized spacial score (nSPS) is 11.3. The van der Waals surface area contributed by atoms with E-state index in [1.807, 2.05) is 26.8 Å². The molecular weight excluding hydrogens is 381 g/mol. The van der Waals surface area contributed by atoms with Crippen molar-refractivity contribution in [1.29, 1.82) is 5.26 Å². The van der Waals surface area contributed by atoms with Crippen LogP contribution in [0.25, 0.3) is 11.3 Å². The van der Waals surface area contributed by atoms with Gasteiger partial charge in [0.2, 0.25) is 0 Å². The van der Waals surface area contributed by atoms with Gasteiger partial charge >= 0.3 is 0 Å². The summed E-state index contributed by atoms with van der Waals surface area (Å²) in [7, 11) is 0. The molecule has 0 aliphatic rings. The van der Waals surface area contributed by atoms with Gasteiger partial charge in [-0.25, -0.2) is 9.37 Å². The number of nitrogens with one attached hydrogen (secondary N) is 1. The van der Waals surface area contributed by atoms with Gasteiger partial charge in [0.25, 0.3) is 5.56 Å². The third-order valence-corrected chi connectivity index (χ3v) is 4.51. The van der Waals surface area contributed by atoms with Crippen molar-refractivity contribution in [2.24, 2.45) is 0 Å². The first-order valence-electron chi connectivity index (χ1n) is 6.77. The predicted octanol–water partition coefficient (Wildman–Crippen LogP) is 4.23. The van der Waals surface area contributed by atoms with Crippen molar-refractivity contribution in [1.82, 2.24) is 9.97 Å². The summed E-state index contributed by atoms with van der Waals surface area (Å²) in [6.07, 6.45) is 1.74. The van der Waals surface area contributed by atoms with Gasteiger partial charge in [0.05, 0.1) is 10.2 Å². The summed E-state index contributed by atoms with van der Waals surface area (Å²) in [6.45, 7) is 6.00. The number of nitriles is 1. The number of aromatic nitrogens is 2. The maximum absolute atomic E-state index is 14.6. The van der Waals surface area contributed by atoms with Crippen LogP contribution in [0.2, 0.25) is 0 Å². The van der Waals surface area contributed by atoms with Crippen molar-refractivity contribution in [3.05, 3.63) is 43.9 Å². The maximum Gasteiger partial charge on any atom is 0.270 e. The largest absolute Gasteiger partial charge is 0.300 e. The number of nitrogens with zero attached hydrogens (tertiary/aromatic N) is 2. The number of halogens is 2. The fraction of sp³-hybridized carbons (Fsp3) is 0.312. The zero-order valence-electron chi connectivity index (χ0n) is 13.1. The highest BCUT2D eigenvalue weighted by molar-refractivity contribution is 9.10. The Balaban J connectivity index is 2.87. The van der Waals surface area contributed by atoms with Gasteiger partial charge in [-0.1, -0.05) is 32.5 Å². The Labute approximate surface area is 146 Å². The van der Waals surface area contributed by atoms with Crippen LogP contribution in [-0.2, 0) is 5.41 Å². The molecule has 2 rings (SSSR count). The van der Waals surface area contributed by atoms with Crippen molar-refractivity contribution in [3.8, 4) is 17.3 Å². The van der Waals surface area contributed by atoms with Crippen molar-refractivity contribution in [2.75, 3.05) is 6.26 Å². The Morgan fingerprint density at radius 3 is 2.57 bits per heavy atom. The third kappa shape index (κ3) is 3.48. The van der Waals surface area contributed by atoms with E-state index in [0.29, 0.717) is 5.16 Å². The molecule has 23 heavy (non-hydrogen) atoms. The number of thioether (sulfide) groups is 1. The standard InChI is InChI=1S/C16H15BrFN3OS/c1-16(2,3)8-5-9(12(18)11(17)6-8)13-10(7-19)14(22)21-15(20-13)23-4/h5-6H,1-4H3,(H,20,21,22). The summed E-state index contributed by atoms with van der Waals surface area (Å²) < 4.78 is 14.9. The monoisotopic (exact) mass is 395 g/mol. The van der Waals surface area contributed by atoms with Gasteiger partial charge < -0.3 is 4.98 Å². The fourth-order valence-electron chi connectivity index (χ4n) is 2.04. The molecule has 0 aliphatic carbocycles. The van der Waals surface area contributed by atoms with Gasteiger partial charge in [-0.3, -0.25) is 4.79 Å². The van der Waals surface area contributed by atoms with E-state index in [0.717, 1.165) is 5.56 Å². The Kier molecular flexibility index (Phi) is 4.97. The van der Waals surface area contributed by atoms with E-state index in [1.165, 1.54) is 11.8 Å². The molecule has 0 saturated heterocycles. The second kappa shape index (κ2) is 6.46. The summed E-state index contributed by atoms with van der Waals surface area (Å²) in [4.78, 5) is 18.8. The molecule has 1 heterocycles. The van der Waals surface area contributed by atoms with Gasteiger partial charge in [0.1, 0.15) is 17.4 Å². The first-order chi connectivity index (χ1) is 10.7. The Bertz CT molecular complexity index is 865. The smallest absolute Gasteiger partial charge is 0.270 e. The molecule has 0 aliphatic heterocycles. The molecule has 0 unspecified atom stereocenters. The van der Waals surface area contributed by atoms with E-state index in [4.69, 9.17) is 0 Å². The molecular formula is C16H15BrFN3OS. The van der Waals surface area contributed by atoms with E-state index < -0.39 is 11.4 Å². The van der Waals surface area contributed by atoms with Crippen molar-refractivity contribution >= 4 is 27.7 Å². The molecule has 0 radical (unpaired) electrons. The molecule has 0 spiro atoms. The lowest BCUT2D eigenvalue weighted by Gasteiger charge is -2.21. The number of hydrogen-bond acceptors (Lipinski definition) is 4. The van der Waals surface area contributed by atoms with E-state index in [2.05, 4.69) is 25.9 Å². The molecule has 0 amide bonds. The minimum absolute atomic E-state index is 0.0601. The summed E-state index contributed by atoms with van der Waals surface area (Å²) in [5.41, 5.74) is 0.0872. The summed E-state index contributed by atoms with van der Waals surface area (Å²) in [5, 5.41) is 9.60. The molecule has 7 heteroatoms. The quantitative estimate of drug-likeness (QED) is 0.609.